The predicted octanol–water partition coefficient (Wildman–Crippen LogP) is 9.95. The van der Waals surface area contributed by atoms with E-state index in [0.717, 1.165) is 59.6 Å². The second kappa shape index (κ2) is 16.4. The van der Waals surface area contributed by atoms with Crippen LogP contribution >= 0.6 is 23.2 Å². The Hall–Kier alpha value is -5.54. The highest BCUT2D eigenvalue weighted by Gasteiger charge is 2.18. The molecule has 1 fully saturated rings. The van der Waals surface area contributed by atoms with Crippen LogP contribution in [0, 0.1) is 5.92 Å². The number of hydrogen-bond donors (Lipinski definition) is 2. The van der Waals surface area contributed by atoms with Crippen LogP contribution in [0.4, 0.5) is 5.69 Å². The van der Waals surface area contributed by atoms with Gasteiger partial charge in [0.25, 0.3) is 11.8 Å². The summed E-state index contributed by atoms with van der Waals surface area (Å²) < 4.78 is 10.8. The summed E-state index contributed by atoms with van der Waals surface area (Å²) in [5, 5.41) is 11.1. The fourth-order valence-corrected chi connectivity index (χ4v) is 6.86. The smallest absolute Gasteiger partial charge is 0.347 e. The number of rotatable bonds is 7. The van der Waals surface area contributed by atoms with Gasteiger partial charge < -0.3 is 19.8 Å². The molecule has 0 bridgehead atoms. The van der Waals surface area contributed by atoms with Gasteiger partial charge in [-0.2, -0.15) is 0 Å². The van der Waals surface area contributed by atoms with Crippen molar-refractivity contribution in [2.45, 2.75) is 19.3 Å². The van der Waals surface area contributed by atoms with Gasteiger partial charge in [0.1, 0.15) is 0 Å². The number of carbonyl (C=O) groups excluding carboxylic acids is 2. The highest BCUT2D eigenvalue weighted by molar-refractivity contribution is 6.31. The summed E-state index contributed by atoms with van der Waals surface area (Å²) in [7, 11) is 0. The molecule has 0 aliphatic carbocycles. The number of anilines is 1. The third-order valence-corrected chi connectivity index (χ3v) is 9.77. The van der Waals surface area contributed by atoms with E-state index in [1.165, 1.54) is 0 Å². The van der Waals surface area contributed by atoms with Crippen LogP contribution in [0.25, 0.3) is 43.9 Å². The van der Waals surface area contributed by atoms with Gasteiger partial charge in [-0.05, 0) is 95.3 Å². The topological polar surface area (TPSA) is 111 Å². The number of fused-ring (bicyclic) bond motifs is 3. The van der Waals surface area contributed by atoms with Crippen LogP contribution in [0.3, 0.4) is 0 Å². The standard InChI is InChI=1S/C25H25ClN2O3.C18H10ClNO2/c26-19-8-9-23(22(16-19)24(29)27-13-10-17-11-14-31-15-12-17)28-25(30)21-7-3-5-18-4-1-2-6-20(18)21;19-12-8-9-16-15(10-12)18(21)22-17(20-16)14-7-3-5-11-4-1-2-6-13(11)14/h1-9,16-17H,10-15H2,(H,27,29)(H,28,30);1-10H. The van der Waals surface area contributed by atoms with E-state index in [1.807, 2.05) is 78.9 Å². The van der Waals surface area contributed by atoms with Gasteiger partial charge in [-0.1, -0.05) is 96.0 Å². The van der Waals surface area contributed by atoms with Gasteiger partial charge in [-0.15, -0.1) is 0 Å². The van der Waals surface area contributed by atoms with Gasteiger partial charge in [0.15, 0.2) is 0 Å². The number of hydrogen-bond acceptors (Lipinski definition) is 6. The van der Waals surface area contributed by atoms with Crippen LogP contribution in [0.5, 0.6) is 0 Å². The third-order valence-electron chi connectivity index (χ3n) is 9.30. The van der Waals surface area contributed by atoms with E-state index in [9.17, 15) is 14.4 Å². The SMILES string of the molecule is O=C(NCCC1CCOCC1)c1cc(Cl)ccc1NC(=O)c1cccc2ccccc12.O=c1oc(-c2cccc3ccccc23)nc2ccc(Cl)cc12. The van der Waals surface area contributed by atoms with Crippen LogP contribution in [0.2, 0.25) is 10.0 Å². The highest BCUT2D eigenvalue weighted by Crippen LogP contribution is 2.28. The molecule has 266 valence electrons. The predicted molar refractivity (Wildman–Crippen MR) is 212 cm³/mol. The molecule has 10 heteroatoms. The highest BCUT2D eigenvalue weighted by atomic mass is 35.5. The molecule has 1 aromatic heterocycles. The van der Waals surface area contributed by atoms with Crippen molar-refractivity contribution >= 4 is 73.2 Å². The maximum absolute atomic E-state index is 13.0. The van der Waals surface area contributed by atoms with Crippen molar-refractivity contribution in [1.82, 2.24) is 10.3 Å². The third kappa shape index (κ3) is 8.42. The van der Waals surface area contributed by atoms with Crippen molar-refractivity contribution in [1.29, 1.82) is 0 Å². The van der Waals surface area contributed by atoms with Crippen LogP contribution in [-0.4, -0.2) is 36.6 Å². The molecule has 53 heavy (non-hydrogen) atoms. The van der Waals surface area contributed by atoms with E-state index < -0.39 is 5.63 Å². The van der Waals surface area contributed by atoms with E-state index >= 15 is 0 Å². The Morgan fingerprint density at radius 3 is 2.15 bits per heavy atom. The minimum absolute atomic E-state index is 0.247. The number of aromatic nitrogens is 1. The molecule has 0 radical (unpaired) electrons. The van der Waals surface area contributed by atoms with Crippen molar-refractivity contribution in [3.63, 3.8) is 0 Å². The molecule has 8 rings (SSSR count). The van der Waals surface area contributed by atoms with Crippen molar-refractivity contribution in [3.8, 4) is 11.5 Å². The van der Waals surface area contributed by atoms with Gasteiger partial charge >= 0.3 is 5.63 Å². The zero-order chi connectivity index (χ0) is 36.7. The van der Waals surface area contributed by atoms with Crippen LogP contribution in [0.1, 0.15) is 40.0 Å². The second-order valence-corrected chi connectivity index (χ2v) is 13.6. The molecule has 0 saturated carbocycles. The number of ether oxygens (including phenoxy) is 1. The maximum Gasteiger partial charge on any atom is 0.347 e. The van der Waals surface area contributed by atoms with Gasteiger partial charge in [-0.3, -0.25) is 9.59 Å². The number of carbonyl (C=O) groups is 2. The largest absolute Gasteiger partial charge is 0.403 e. The summed E-state index contributed by atoms with van der Waals surface area (Å²) in [5.74, 6) is 0.369. The fourth-order valence-electron chi connectivity index (χ4n) is 6.52. The Bertz CT molecular complexity index is 2500. The molecule has 1 aliphatic heterocycles. The van der Waals surface area contributed by atoms with Gasteiger partial charge in [0, 0.05) is 40.9 Å². The normalized spacial score (nSPS) is 13.0. The van der Waals surface area contributed by atoms with Crippen LogP contribution in [-0.2, 0) is 4.74 Å². The molecule has 0 atom stereocenters. The lowest BCUT2D eigenvalue weighted by Gasteiger charge is -2.22. The van der Waals surface area contributed by atoms with E-state index in [0.29, 0.717) is 56.1 Å². The second-order valence-electron chi connectivity index (χ2n) is 12.8. The number of benzene rings is 6. The number of nitrogens with one attached hydrogen (secondary N) is 2. The quantitative estimate of drug-likeness (QED) is 0.168. The Labute approximate surface area is 315 Å². The first-order valence-electron chi connectivity index (χ1n) is 17.4. The first kappa shape index (κ1) is 35.8. The molecule has 1 saturated heterocycles. The monoisotopic (exact) mass is 743 g/mol. The van der Waals surface area contributed by atoms with Gasteiger partial charge in [0.2, 0.25) is 5.89 Å². The lowest BCUT2D eigenvalue weighted by molar-refractivity contribution is 0.0636. The number of amides is 2. The maximum atomic E-state index is 13.0. The zero-order valence-electron chi connectivity index (χ0n) is 28.6. The van der Waals surface area contributed by atoms with Gasteiger partial charge in [-0.25, -0.2) is 9.78 Å². The first-order chi connectivity index (χ1) is 25.8. The molecule has 0 unspecified atom stereocenters. The summed E-state index contributed by atoms with van der Waals surface area (Å²) in [5.41, 5.74) is 2.28. The lowest BCUT2D eigenvalue weighted by atomic mass is 9.96. The summed E-state index contributed by atoms with van der Waals surface area (Å²) in [6.45, 7) is 2.15. The summed E-state index contributed by atoms with van der Waals surface area (Å²) in [6.07, 6.45) is 2.96. The lowest BCUT2D eigenvalue weighted by Crippen LogP contribution is -2.28. The summed E-state index contributed by atoms with van der Waals surface area (Å²) >= 11 is 12.1. The molecule has 0 spiro atoms. The molecule has 6 aromatic carbocycles. The molecule has 8 nitrogen and oxygen atoms in total. The summed E-state index contributed by atoms with van der Waals surface area (Å²) in [4.78, 5) is 42.5. The summed E-state index contributed by atoms with van der Waals surface area (Å²) in [6, 6.07) is 37.0. The fraction of sp³-hybridized carbons (Fsp3) is 0.163. The molecule has 1 aliphatic rings. The Balaban J connectivity index is 0.000000173. The Morgan fingerprint density at radius 1 is 0.698 bits per heavy atom. The van der Waals surface area contributed by atoms with Crippen LogP contribution in [0.15, 0.2) is 131 Å². The molecular formula is C43H35Cl2N3O5. The molecule has 7 aromatic rings. The van der Waals surface area contributed by atoms with Crippen molar-refractivity contribution < 1.29 is 18.7 Å². The van der Waals surface area contributed by atoms with E-state index in [1.54, 1.807) is 42.5 Å². The van der Waals surface area contributed by atoms with Gasteiger partial charge in [0.05, 0.1) is 22.2 Å². The van der Waals surface area contributed by atoms with Crippen molar-refractivity contribution in [3.05, 3.63) is 153 Å². The Kier molecular flexibility index (Phi) is 11.1. The van der Waals surface area contributed by atoms with Crippen molar-refractivity contribution in [2.75, 3.05) is 25.1 Å². The van der Waals surface area contributed by atoms with E-state index in [2.05, 4.69) is 15.6 Å². The average Bonchev–Trinajstić information content (AvgIpc) is 3.19. The minimum Gasteiger partial charge on any atom is -0.403 e. The average molecular weight is 745 g/mol. The Morgan fingerprint density at radius 2 is 1.36 bits per heavy atom. The van der Waals surface area contributed by atoms with Crippen LogP contribution < -0.4 is 16.3 Å². The first-order valence-corrected chi connectivity index (χ1v) is 18.1. The molecular weight excluding hydrogens is 709 g/mol. The number of halogens is 2. The molecule has 2 heterocycles. The number of nitrogens with zero attached hydrogens (tertiary/aromatic N) is 1. The zero-order valence-corrected chi connectivity index (χ0v) is 30.1. The van der Waals surface area contributed by atoms with E-state index in [4.69, 9.17) is 32.4 Å². The van der Waals surface area contributed by atoms with E-state index in [-0.39, 0.29) is 11.8 Å². The van der Waals surface area contributed by atoms with Crippen molar-refractivity contribution in [2.24, 2.45) is 5.92 Å². The molecule has 2 amide bonds. The minimum atomic E-state index is -0.435. The molecule has 2 N–H and O–H groups in total.